The van der Waals surface area contributed by atoms with Gasteiger partial charge in [0.15, 0.2) is 0 Å². The number of aliphatic carboxylic acids is 1. The summed E-state index contributed by atoms with van der Waals surface area (Å²) in [7, 11) is 1.52. The van der Waals surface area contributed by atoms with Crippen LogP contribution in [0.5, 0.6) is 5.75 Å². The third-order valence-corrected chi connectivity index (χ3v) is 3.89. The highest BCUT2D eigenvalue weighted by atomic mass is 32.1. The van der Waals surface area contributed by atoms with E-state index >= 15 is 0 Å². The van der Waals surface area contributed by atoms with Gasteiger partial charge in [0.25, 0.3) is 5.91 Å². The molecular weight excluding hydrogens is 266 g/mol. The van der Waals surface area contributed by atoms with Crippen molar-refractivity contribution in [3.8, 4) is 5.75 Å². The Labute approximate surface area is 116 Å². The van der Waals surface area contributed by atoms with Gasteiger partial charge in [-0.15, -0.1) is 11.3 Å². The number of hydrogen-bond acceptors (Lipinski definition) is 4. The zero-order valence-electron chi connectivity index (χ0n) is 11.6. The van der Waals surface area contributed by atoms with E-state index in [1.165, 1.54) is 18.4 Å². The number of nitrogens with one attached hydrogen (secondary N) is 1. The van der Waals surface area contributed by atoms with Crippen LogP contribution in [0.25, 0.3) is 0 Å². The van der Waals surface area contributed by atoms with E-state index in [1.54, 1.807) is 19.9 Å². The maximum atomic E-state index is 12.0. The first kappa shape index (κ1) is 15.5. The number of thiophene rings is 1. The fourth-order valence-corrected chi connectivity index (χ4v) is 2.37. The van der Waals surface area contributed by atoms with Crippen LogP contribution in [-0.4, -0.2) is 30.6 Å². The zero-order chi connectivity index (χ0) is 14.6. The minimum absolute atomic E-state index is 0.226. The van der Waals surface area contributed by atoms with E-state index in [0.717, 1.165) is 4.88 Å². The third-order valence-electron chi connectivity index (χ3n) is 2.86. The molecule has 1 aromatic rings. The Kier molecular flexibility index (Phi) is 4.94. The lowest BCUT2D eigenvalue weighted by Crippen LogP contribution is -2.31. The average Bonchev–Trinajstić information content (AvgIpc) is 2.70. The number of methoxy groups -OCH3 is 1. The summed E-state index contributed by atoms with van der Waals surface area (Å²) in [5, 5.41) is 11.7. The number of carbonyl (C=O) groups is 2. The van der Waals surface area contributed by atoms with Crippen molar-refractivity contribution in [1.82, 2.24) is 5.32 Å². The van der Waals surface area contributed by atoms with E-state index in [1.807, 2.05) is 6.92 Å². The molecule has 1 aromatic heterocycles. The minimum Gasteiger partial charge on any atom is -0.495 e. The van der Waals surface area contributed by atoms with Crippen LogP contribution in [0.4, 0.5) is 0 Å². The molecule has 106 valence electrons. The van der Waals surface area contributed by atoms with Crippen molar-refractivity contribution in [3.05, 3.63) is 15.8 Å². The van der Waals surface area contributed by atoms with E-state index < -0.39 is 11.4 Å². The first-order valence-corrected chi connectivity index (χ1v) is 6.75. The van der Waals surface area contributed by atoms with Crippen molar-refractivity contribution in [2.45, 2.75) is 27.2 Å². The molecule has 0 aliphatic rings. The van der Waals surface area contributed by atoms with Crippen molar-refractivity contribution in [2.24, 2.45) is 5.41 Å². The highest BCUT2D eigenvalue weighted by molar-refractivity contribution is 7.14. The smallest absolute Gasteiger partial charge is 0.309 e. The summed E-state index contributed by atoms with van der Waals surface area (Å²) in [5.74, 6) is -0.542. The first-order chi connectivity index (χ1) is 8.77. The highest BCUT2D eigenvalue weighted by Crippen LogP contribution is 2.28. The summed E-state index contributed by atoms with van der Waals surface area (Å²) in [5.41, 5.74) is -0.845. The summed E-state index contributed by atoms with van der Waals surface area (Å²) >= 11 is 1.36. The molecule has 19 heavy (non-hydrogen) atoms. The van der Waals surface area contributed by atoms with Gasteiger partial charge < -0.3 is 15.2 Å². The maximum absolute atomic E-state index is 12.0. The van der Waals surface area contributed by atoms with Crippen LogP contribution >= 0.6 is 11.3 Å². The lowest BCUT2D eigenvalue weighted by molar-refractivity contribution is -0.147. The van der Waals surface area contributed by atoms with Gasteiger partial charge in [-0.1, -0.05) is 0 Å². The number of carbonyl (C=O) groups excluding carboxylic acids is 1. The van der Waals surface area contributed by atoms with Crippen LogP contribution in [0, 0.1) is 12.3 Å². The molecule has 1 rings (SSSR count). The lowest BCUT2D eigenvalue weighted by atomic mass is 9.90. The molecule has 0 bridgehead atoms. The molecule has 0 radical (unpaired) electrons. The Morgan fingerprint density at radius 3 is 2.63 bits per heavy atom. The number of hydrogen-bond donors (Lipinski definition) is 2. The molecule has 0 fully saturated rings. The van der Waals surface area contributed by atoms with Gasteiger partial charge in [0.2, 0.25) is 0 Å². The lowest BCUT2D eigenvalue weighted by Gasteiger charge is -2.18. The molecule has 0 aliphatic heterocycles. The van der Waals surface area contributed by atoms with Crippen LogP contribution in [0.2, 0.25) is 0 Å². The van der Waals surface area contributed by atoms with Crippen LogP contribution in [0.15, 0.2) is 6.07 Å². The minimum atomic E-state index is -0.869. The molecule has 2 N–H and O–H groups in total. The molecule has 1 amide bonds. The van der Waals surface area contributed by atoms with E-state index in [9.17, 15) is 9.59 Å². The second-order valence-corrected chi connectivity index (χ2v) is 6.21. The molecule has 6 heteroatoms. The summed E-state index contributed by atoms with van der Waals surface area (Å²) in [6.07, 6.45) is 0.376. The molecule has 0 aromatic carbocycles. The zero-order valence-corrected chi connectivity index (χ0v) is 12.4. The van der Waals surface area contributed by atoms with Crippen molar-refractivity contribution in [3.63, 3.8) is 0 Å². The summed E-state index contributed by atoms with van der Waals surface area (Å²) in [6.45, 7) is 5.49. The number of amides is 1. The van der Waals surface area contributed by atoms with Gasteiger partial charge in [-0.05, 0) is 33.3 Å². The topological polar surface area (TPSA) is 75.6 Å². The quantitative estimate of drug-likeness (QED) is 0.841. The molecule has 0 spiro atoms. The Hall–Kier alpha value is -1.56. The second kappa shape index (κ2) is 6.06. The Morgan fingerprint density at radius 2 is 2.11 bits per heavy atom. The number of ether oxygens (including phenoxy) is 1. The monoisotopic (exact) mass is 285 g/mol. The van der Waals surface area contributed by atoms with Crippen LogP contribution in [0.3, 0.4) is 0 Å². The average molecular weight is 285 g/mol. The molecule has 0 saturated carbocycles. The van der Waals surface area contributed by atoms with Gasteiger partial charge in [-0.2, -0.15) is 0 Å². The molecule has 0 unspecified atom stereocenters. The predicted molar refractivity (Wildman–Crippen MR) is 74.0 cm³/mol. The van der Waals surface area contributed by atoms with Crippen LogP contribution in [0.1, 0.15) is 34.8 Å². The predicted octanol–water partition coefficient (Wildman–Crippen LogP) is 2.30. The Bertz CT molecular complexity index is 479. The number of carboxylic acid groups (broad SMARTS) is 1. The normalized spacial score (nSPS) is 11.2. The van der Waals surface area contributed by atoms with Crippen molar-refractivity contribution in [1.29, 1.82) is 0 Å². The SMILES string of the molecule is COc1cc(C)sc1C(=O)NCCC(C)(C)C(=O)O. The van der Waals surface area contributed by atoms with Gasteiger partial charge in [0, 0.05) is 11.4 Å². The van der Waals surface area contributed by atoms with Gasteiger partial charge in [0.05, 0.1) is 12.5 Å². The fourth-order valence-electron chi connectivity index (χ4n) is 1.48. The van der Waals surface area contributed by atoms with Crippen LogP contribution in [-0.2, 0) is 4.79 Å². The number of aryl methyl sites for hydroxylation is 1. The molecule has 0 atom stereocenters. The van der Waals surface area contributed by atoms with E-state index in [4.69, 9.17) is 9.84 Å². The number of carboxylic acids is 1. The van der Waals surface area contributed by atoms with Gasteiger partial charge in [0.1, 0.15) is 10.6 Å². The first-order valence-electron chi connectivity index (χ1n) is 5.94. The molecule has 5 nitrogen and oxygen atoms in total. The molecule has 0 saturated heterocycles. The van der Waals surface area contributed by atoms with Gasteiger partial charge in [-0.25, -0.2) is 0 Å². The second-order valence-electron chi connectivity index (χ2n) is 4.95. The standard InChI is InChI=1S/C13H19NO4S/c1-8-7-9(18-4)10(19-8)11(15)14-6-5-13(2,3)12(16)17/h7H,5-6H2,1-4H3,(H,14,15)(H,16,17). The summed E-state index contributed by atoms with van der Waals surface area (Å²) in [4.78, 5) is 24.4. The number of rotatable bonds is 6. The fraction of sp³-hybridized carbons (Fsp3) is 0.538. The largest absolute Gasteiger partial charge is 0.495 e. The highest BCUT2D eigenvalue weighted by Gasteiger charge is 2.27. The van der Waals surface area contributed by atoms with Crippen molar-refractivity contribution in [2.75, 3.05) is 13.7 Å². The van der Waals surface area contributed by atoms with E-state index in [2.05, 4.69) is 5.32 Å². The summed E-state index contributed by atoms with van der Waals surface area (Å²) in [6, 6.07) is 1.81. The Morgan fingerprint density at radius 1 is 1.47 bits per heavy atom. The van der Waals surface area contributed by atoms with Gasteiger partial charge in [-0.3, -0.25) is 9.59 Å². The summed E-state index contributed by atoms with van der Waals surface area (Å²) < 4.78 is 5.13. The van der Waals surface area contributed by atoms with Crippen molar-refractivity contribution >= 4 is 23.2 Å². The molecular formula is C13H19NO4S. The maximum Gasteiger partial charge on any atom is 0.309 e. The van der Waals surface area contributed by atoms with Crippen LogP contribution < -0.4 is 10.1 Å². The van der Waals surface area contributed by atoms with E-state index in [-0.39, 0.29) is 5.91 Å². The Balaban J connectivity index is 2.59. The molecule has 1 heterocycles. The molecule has 0 aliphatic carbocycles. The third kappa shape index (κ3) is 3.96. The van der Waals surface area contributed by atoms with E-state index in [0.29, 0.717) is 23.6 Å². The van der Waals surface area contributed by atoms with Crippen molar-refractivity contribution < 1.29 is 19.4 Å². The van der Waals surface area contributed by atoms with Gasteiger partial charge >= 0.3 is 5.97 Å².